The number of rotatable bonds is 13. The molecule has 0 bridgehead atoms. The third-order valence-corrected chi connectivity index (χ3v) is 3.64. The molecule has 0 spiro atoms. The predicted molar refractivity (Wildman–Crippen MR) is 82.6 cm³/mol. The van der Waals surface area contributed by atoms with Gasteiger partial charge in [-0.15, -0.1) is 0 Å². The van der Waals surface area contributed by atoms with Gasteiger partial charge in [0.25, 0.3) is 0 Å². The van der Waals surface area contributed by atoms with E-state index in [1.807, 2.05) is 6.92 Å². The number of esters is 1. The second kappa shape index (κ2) is 13.1. The highest BCUT2D eigenvalue weighted by molar-refractivity contribution is 5.78. The molecule has 0 saturated carbocycles. The minimum absolute atomic E-state index is 0.108. The van der Waals surface area contributed by atoms with Gasteiger partial charge in [0, 0.05) is 19.3 Å². The molecular formula is C17H32O3. The number of unbranched alkanes of at least 4 members (excludes halogenated alkanes) is 2. The van der Waals surface area contributed by atoms with Crippen LogP contribution in [0.25, 0.3) is 0 Å². The smallest absolute Gasteiger partial charge is 0.305 e. The summed E-state index contributed by atoms with van der Waals surface area (Å²) < 4.78 is 5.32. The Hall–Kier alpha value is -0.860. The van der Waals surface area contributed by atoms with Crippen LogP contribution in [0.2, 0.25) is 0 Å². The first-order valence-electron chi connectivity index (χ1n) is 8.31. The molecule has 118 valence electrons. The largest absolute Gasteiger partial charge is 0.465 e. The maximum absolute atomic E-state index is 11.6. The first-order chi connectivity index (χ1) is 9.63. The highest BCUT2D eigenvalue weighted by Gasteiger charge is 2.10. The Balaban J connectivity index is 3.59. The summed E-state index contributed by atoms with van der Waals surface area (Å²) in [6, 6.07) is 0. The Bertz CT molecular complexity index is 261. The van der Waals surface area contributed by atoms with Gasteiger partial charge in [-0.2, -0.15) is 0 Å². The van der Waals surface area contributed by atoms with Crippen LogP contribution < -0.4 is 0 Å². The first-order valence-corrected chi connectivity index (χ1v) is 8.31. The number of hydrogen-bond donors (Lipinski definition) is 0. The molecule has 0 radical (unpaired) electrons. The number of Topliss-reactive ketones (excluding diaryl/α,β-unsaturated/α-hetero) is 1. The van der Waals surface area contributed by atoms with Crippen molar-refractivity contribution in [2.75, 3.05) is 6.61 Å². The fraction of sp³-hybridized carbons (Fsp3) is 0.882. The van der Waals surface area contributed by atoms with Crippen molar-refractivity contribution in [3.8, 4) is 0 Å². The number of carbonyl (C=O) groups excluding carboxylic acids is 2. The van der Waals surface area contributed by atoms with Crippen LogP contribution in [0.15, 0.2) is 0 Å². The standard InChI is InChI=1S/C17H32O3/c1-4-7-11-15(6-3)14-20-17(19)13-9-8-12-16(18)10-5-2/h15H,4-14H2,1-3H3. The molecule has 0 aromatic heterocycles. The van der Waals surface area contributed by atoms with Gasteiger partial charge < -0.3 is 4.74 Å². The minimum Gasteiger partial charge on any atom is -0.465 e. The molecule has 0 heterocycles. The molecule has 0 aromatic carbocycles. The summed E-state index contributed by atoms with van der Waals surface area (Å²) in [4.78, 5) is 22.9. The fourth-order valence-corrected chi connectivity index (χ4v) is 2.18. The molecule has 0 N–H and O–H groups in total. The van der Waals surface area contributed by atoms with E-state index in [1.165, 1.54) is 12.8 Å². The van der Waals surface area contributed by atoms with Crippen molar-refractivity contribution in [3.63, 3.8) is 0 Å². The molecule has 0 aliphatic rings. The van der Waals surface area contributed by atoms with Crippen LogP contribution in [0.3, 0.4) is 0 Å². The third-order valence-electron chi connectivity index (χ3n) is 3.64. The molecule has 3 nitrogen and oxygen atoms in total. The zero-order chi connectivity index (χ0) is 15.2. The average Bonchev–Trinajstić information content (AvgIpc) is 2.44. The molecule has 0 saturated heterocycles. The molecule has 20 heavy (non-hydrogen) atoms. The summed E-state index contributed by atoms with van der Waals surface area (Å²) >= 11 is 0. The van der Waals surface area contributed by atoms with Gasteiger partial charge in [-0.1, -0.05) is 40.0 Å². The van der Waals surface area contributed by atoms with E-state index in [0.717, 1.165) is 32.1 Å². The Labute approximate surface area is 124 Å². The number of ether oxygens (including phenoxy) is 1. The lowest BCUT2D eigenvalue weighted by Gasteiger charge is -2.14. The molecule has 0 rings (SSSR count). The van der Waals surface area contributed by atoms with E-state index in [4.69, 9.17) is 4.74 Å². The summed E-state index contributed by atoms with van der Waals surface area (Å²) in [5, 5.41) is 0. The van der Waals surface area contributed by atoms with Crippen molar-refractivity contribution in [1.29, 1.82) is 0 Å². The Kier molecular flexibility index (Phi) is 12.6. The molecule has 0 fully saturated rings. The Morgan fingerprint density at radius 3 is 2.20 bits per heavy atom. The van der Waals surface area contributed by atoms with E-state index >= 15 is 0 Å². The van der Waals surface area contributed by atoms with Crippen molar-refractivity contribution in [1.82, 2.24) is 0 Å². The molecule has 0 aliphatic heterocycles. The Morgan fingerprint density at radius 2 is 1.60 bits per heavy atom. The maximum Gasteiger partial charge on any atom is 0.305 e. The van der Waals surface area contributed by atoms with Gasteiger partial charge in [0.15, 0.2) is 0 Å². The van der Waals surface area contributed by atoms with Gasteiger partial charge in [-0.25, -0.2) is 0 Å². The van der Waals surface area contributed by atoms with Crippen molar-refractivity contribution in [3.05, 3.63) is 0 Å². The molecule has 1 unspecified atom stereocenters. The maximum atomic E-state index is 11.6. The SMILES string of the molecule is CCCCC(CC)COC(=O)CCCCC(=O)CCC. The quantitative estimate of drug-likeness (QED) is 0.364. The van der Waals surface area contributed by atoms with Crippen molar-refractivity contribution in [2.45, 2.75) is 85.0 Å². The lowest BCUT2D eigenvalue weighted by atomic mass is 10.0. The van der Waals surface area contributed by atoms with Gasteiger partial charge in [0.05, 0.1) is 6.61 Å². The Morgan fingerprint density at radius 1 is 0.900 bits per heavy atom. The van der Waals surface area contributed by atoms with Crippen molar-refractivity contribution < 1.29 is 14.3 Å². The number of carbonyl (C=O) groups is 2. The lowest BCUT2D eigenvalue weighted by Crippen LogP contribution is -2.13. The monoisotopic (exact) mass is 284 g/mol. The first kappa shape index (κ1) is 19.1. The fourth-order valence-electron chi connectivity index (χ4n) is 2.18. The van der Waals surface area contributed by atoms with Crippen LogP contribution in [0, 0.1) is 5.92 Å². The van der Waals surface area contributed by atoms with E-state index in [2.05, 4.69) is 13.8 Å². The van der Waals surface area contributed by atoms with Crippen LogP contribution >= 0.6 is 0 Å². The van der Waals surface area contributed by atoms with Crippen LogP contribution in [-0.2, 0) is 14.3 Å². The zero-order valence-corrected chi connectivity index (χ0v) is 13.6. The van der Waals surface area contributed by atoms with E-state index in [1.54, 1.807) is 0 Å². The van der Waals surface area contributed by atoms with Gasteiger partial charge in [0.1, 0.15) is 5.78 Å². The minimum atomic E-state index is -0.108. The van der Waals surface area contributed by atoms with Crippen LogP contribution in [0.4, 0.5) is 0 Å². The van der Waals surface area contributed by atoms with Crippen LogP contribution in [0.1, 0.15) is 85.0 Å². The molecule has 3 heteroatoms. The highest BCUT2D eigenvalue weighted by Crippen LogP contribution is 2.13. The van der Waals surface area contributed by atoms with E-state index in [0.29, 0.717) is 37.6 Å². The van der Waals surface area contributed by atoms with Gasteiger partial charge >= 0.3 is 5.97 Å². The highest BCUT2D eigenvalue weighted by atomic mass is 16.5. The summed E-state index contributed by atoms with van der Waals surface area (Å²) in [6.07, 6.45) is 8.81. The van der Waals surface area contributed by atoms with Gasteiger partial charge in [-0.3, -0.25) is 9.59 Å². The van der Waals surface area contributed by atoms with Crippen molar-refractivity contribution in [2.24, 2.45) is 5.92 Å². The second-order valence-corrected chi connectivity index (χ2v) is 5.60. The lowest BCUT2D eigenvalue weighted by molar-refractivity contribution is -0.145. The van der Waals surface area contributed by atoms with Gasteiger partial charge in [0.2, 0.25) is 0 Å². The normalized spacial score (nSPS) is 12.2. The summed E-state index contributed by atoms with van der Waals surface area (Å²) in [5.41, 5.74) is 0. The molecule has 0 aliphatic carbocycles. The zero-order valence-electron chi connectivity index (χ0n) is 13.6. The van der Waals surface area contributed by atoms with E-state index < -0.39 is 0 Å². The molecular weight excluding hydrogens is 252 g/mol. The molecule has 0 aromatic rings. The number of ketones is 1. The molecule has 0 amide bonds. The summed E-state index contributed by atoms with van der Waals surface area (Å²) in [6.45, 7) is 6.90. The van der Waals surface area contributed by atoms with Crippen molar-refractivity contribution >= 4 is 11.8 Å². The summed E-state index contributed by atoms with van der Waals surface area (Å²) in [5.74, 6) is 0.708. The van der Waals surface area contributed by atoms with Crippen LogP contribution in [0.5, 0.6) is 0 Å². The van der Waals surface area contributed by atoms with Gasteiger partial charge in [-0.05, 0) is 31.6 Å². The molecule has 1 atom stereocenters. The number of hydrogen-bond acceptors (Lipinski definition) is 3. The summed E-state index contributed by atoms with van der Waals surface area (Å²) in [7, 11) is 0. The second-order valence-electron chi connectivity index (χ2n) is 5.60. The van der Waals surface area contributed by atoms with E-state index in [-0.39, 0.29) is 5.97 Å². The van der Waals surface area contributed by atoms with Crippen LogP contribution in [-0.4, -0.2) is 18.4 Å². The average molecular weight is 284 g/mol. The predicted octanol–water partition coefficient (Wildman–Crippen LogP) is 4.68. The topological polar surface area (TPSA) is 43.4 Å². The third kappa shape index (κ3) is 11.0. The van der Waals surface area contributed by atoms with E-state index in [9.17, 15) is 9.59 Å².